The molecule has 1 amide bonds. The maximum Gasteiger partial charge on any atom is 0.221 e. The van der Waals surface area contributed by atoms with Crippen LogP contribution in [0.15, 0.2) is 30.5 Å². The number of nitrogens with zero attached hydrogens (tertiary/aromatic N) is 1. The Morgan fingerprint density at radius 1 is 1.29 bits per heavy atom. The van der Waals surface area contributed by atoms with Gasteiger partial charge in [-0.15, -0.1) is 0 Å². The number of rotatable bonds is 7. The van der Waals surface area contributed by atoms with Gasteiger partial charge in [-0.05, 0) is 30.0 Å². The molecule has 2 N–H and O–H groups in total. The molecule has 0 aliphatic heterocycles. The van der Waals surface area contributed by atoms with Crippen molar-refractivity contribution in [2.24, 2.45) is 0 Å². The predicted octanol–water partition coefficient (Wildman–Crippen LogP) is 2.57. The van der Waals surface area contributed by atoms with Gasteiger partial charge in [0.15, 0.2) is 0 Å². The van der Waals surface area contributed by atoms with Crippen LogP contribution in [0.1, 0.15) is 19.8 Å². The van der Waals surface area contributed by atoms with Gasteiger partial charge in [-0.3, -0.25) is 4.79 Å². The van der Waals surface area contributed by atoms with E-state index in [0.717, 1.165) is 35.3 Å². The van der Waals surface area contributed by atoms with Crippen molar-refractivity contribution < 1.29 is 9.53 Å². The van der Waals surface area contributed by atoms with E-state index in [9.17, 15) is 4.79 Å². The van der Waals surface area contributed by atoms with Crippen molar-refractivity contribution in [2.45, 2.75) is 19.8 Å². The van der Waals surface area contributed by atoms with E-state index in [0.29, 0.717) is 13.0 Å². The van der Waals surface area contributed by atoms with E-state index in [2.05, 4.69) is 15.6 Å². The van der Waals surface area contributed by atoms with Gasteiger partial charge in [-0.2, -0.15) is 0 Å². The maximum absolute atomic E-state index is 11.6. The number of amides is 1. The standard InChI is InChI=1S/C16H21N3O2/c1-3-8-17-15(20)7-10-19-16-14-11-13(21-2)5-4-12(14)6-9-18-16/h4-6,9,11H,3,7-8,10H2,1-2H3,(H,17,20)(H,18,19). The quantitative estimate of drug-likeness (QED) is 0.821. The summed E-state index contributed by atoms with van der Waals surface area (Å²) in [4.78, 5) is 15.9. The number of aromatic nitrogens is 1. The first-order valence-corrected chi connectivity index (χ1v) is 7.18. The number of anilines is 1. The fourth-order valence-electron chi connectivity index (χ4n) is 2.06. The Morgan fingerprint density at radius 3 is 2.90 bits per heavy atom. The smallest absolute Gasteiger partial charge is 0.221 e. The molecule has 0 bridgehead atoms. The molecule has 112 valence electrons. The van der Waals surface area contributed by atoms with Crippen LogP contribution in [0.5, 0.6) is 5.75 Å². The van der Waals surface area contributed by atoms with E-state index in [1.807, 2.05) is 31.2 Å². The van der Waals surface area contributed by atoms with Crippen LogP contribution in [0.25, 0.3) is 10.8 Å². The van der Waals surface area contributed by atoms with Crippen molar-refractivity contribution in [3.63, 3.8) is 0 Å². The van der Waals surface area contributed by atoms with Gasteiger partial charge in [-0.25, -0.2) is 4.98 Å². The topological polar surface area (TPSA) is 63.2 Å². The first kappa shape index (κ1) is 15.1. The molecule has 1 aromatic carbocycles. The minimum atomic E-state index is 0.0576. The summed E-state index contributed by atoms with van der Waals surface area (Å²) in [5, 5.41) is 8.15. The second-order valence-corrected chi connectivity index (χ2v) is 4.77. The third-order valence-electron chi connectivity index (χ3n) is 3.19. The second-order valence-electron chi connectivity index (χ2n) is 4.77. The van der Waals surface area contributed by atoms with Crippen molar-refractivity contribution >= 4 is 22.5 Å². The van der Waals surface area contributed by atoms with E-state index in [4.69, 9.17) is 4.74 Å². The lowest BCUT2D eigenvalue weighted by molar-refractivity contribution is -0.120. The first-order chi connectivity index (χ1) is 10.2. The summed E-state index contributed by atoms with van der Waals surface area (Å²) in [6, 6.07) is 7.81. The predicted molar refractivity (Wildman–Crippen MR) is 84.7 cm³/mol. The molecule has 1 aromatic heterocycles. The Bertz CT molecular complexity index is 613. The molecule has 5 nitrogen and oxygen atoms in total. The Hall–Kier alpha value is -2.30. The highest BCUT2D eigenvalue weighted by Crippen LogP contribution is 2.25. The number of methoxy groups -OCH3 is 1. The molecule has 0 saturated carbocycles. The number of fused-ring (bicyclic) bond motifs is 1. The number of benzene rings is 1. The highest BCUT2D eigenvalue weighted by molar-refractivity contribution is 5.92. The summed E-state index contributed by atoms with van der Waals surface area (Å²) < 4.78 is 5.24. The highest BCUT2D eigenvalue weighted by atomic mass is 16.5. The molecule has 0 radical (unpaired) electrons. The molecule has 0 saturated heterocycles. The van der Waals surface area contributed by atoms with E-state index in [1.54, 1.807) is 13.3 Å². The number of pyridine rings is 1. The number of carbonyl (C=O) groups is 1. The summed E-state index contributed by atoms with van der Waals surface area (Å²) in [5.74, 6) is 1.62. The van der Waals surface area contributed by atoms with Gasteiger partial charge in [-0.1, -0.05) is 13.0 Å². The van der Waals surface area contributed by atoms with Crippen molar-refractivity contribution in [3.05, 3.63) is 30.5 Å². The van der Waals surface area contributed by atoms with Gasteiger partial charge in [0.1, 0.15) is 11.6 Å². The molecule has 5 heteroatoms. The minimum absolute atomic E-state index is 0.0576. The summed E-state index contributed by atoms with van der Waals surface area (Å²) in [5.41, 5.74) is 0. The van der Waals surface area contributed by atoms with Crippen LogP contribution in [0.3, 0.4) is 0 Å². The molecule has 0 aliphatic rings. The summed E-state index contributed by atoms with van der Waals surface area (Å²) in [6.45, 7) is 3.31. The maximum atomic E-state index is 11.6. The SMILES string of the molecule is CCCNC(=O)CCNc1nccc2ccc(OC)cc12. The van der Waals surface area contributed by atoms with Crippen LogP contribution >= 0.6 is 0 Å². The average Bonchev–Trinajstić information content (AvgIpc) is 2.52. The zero-order chi connectivity index (χ0) is 15.1. The van der Waals surface area contributed by atoms with Gasteiger partial charge in [0.2, 0.25) is 5.91 Å². The molecule has 0 fully saturated rings. The monoisotopic (exact) mass is 287 g/mol. The molecular formula is C16H21N3O2. The number of carbonyl (C=O) groups excluding carboxylic acids is 1. The third-order valence-corrected chi connectivity index (χ3v) is 3.19. The van der Waals surface area contributed by atoms with Crippen LogP contribution in [0.2, 0.25) is 0 Å². The van der Waals surface area contributed by atoms with Gasteiger partial charge in [0.25, 0.3) is 0 Å². The molecular weight excluding hydrogens is 266 g/mol. The summed E-state index contributed by atoms with van der Waals surface area (Å²) in [7, 11) is 1.64. The molecule has 0 aliphatic carbocycles. The van der Waals surface area contributed by atoms with Gasteiger partial charge < -0.3 is 15.4 Å². The summed E-state index contributed by atoms with van der Waals surface area (Å²) >= 11 is 0. The van der Waals surface area contributed by atoms with Crippen molar-refractivity contribution in [3.8, 4) is 5.75 Å². The number of ether oxygens (including phenoxy) is 1. The fraction of sp³-hybridized carbons (Fsp3) is 0.375. The van der Waals surface area contributed by atoms with Crippen LogP contribution in [-0.4, -0.2) is 31.1 Å². The molecule has 2 aromatic rings. The Kier molecular flexibility index (Phi) is 5.37. The second kappa shape index (κ2) is 7.47. The number of hydrogen-bond donors (Lipinski definition) is 2. The lowest BCUT2D eigenvalue weighted by Gasteiger charge is -2.10. The molecule has 0 unspecified atom stereocenters. The molecule has 1 heterocycles. The molecule has 0 atom stereocenters. The average molecular weight is 287 g/mol. The van der Waals surface area contributed by atoms with Gasteiger partial charge in [0.05, 0.1) is 7.11 Å². The van der Waals surface area contributed by atoms with E-state index in [1.165, 1.54) is 0 Å². The third kappa shape index (κ3) is 4.08. The lowest BCUT2D eigenvalue weighted by Crippen LogP contribution is -2.26. The number of nitrogens with one attached hydrogen (secondary N) is 2. The number of hydrogen-bond acceptors (Lipinski definition) is 4. The zero-order valence-corrected chi connectivity index (χ0v) is 12.5. The van der Waals surface area contributed by atoms with E-state index >= 15 is 0 Å². The summed E-state index contributed by atoms with van der Waals surface area (Å²) in [6.07, 6.45) is 3.14. The van der Waals surface area contributed by atoms with E-state index in [-0.39, 0.29) is 5.91 Å². The zero-order valence-electron chi connectivity index (χ0n) is 12.5. The van der Waals surface area contributed by atoms with Gasteiger partial charge in [0, 0.05) is 31.1 Å². The Labute approximate surface area is 124 Å². The first-order valence-electron chi connectivity index (χ1n) is 7.18. The minimum Gasteiger partial charge on any atom is -0.497 e. The van der Waals surface area contributed by atoms with Crippen LogP contribution in [0, 0.1) is 0 Å². The van der Waals surface area contributed by atoms with Crippen LogP contribution in [-0.2, 0) is 4.79 Å². The van der Waals surface area contributed by atoms with Crippen LogP contribution < -0.4 is 15.4 Å². The highest BCUT2D eigenvalue weighted by Gasteiger charge is 2.05. The largest absolute Gasteiger partial charge is 0.497 e. The molecule has 0 spiro atoms. The van der Waals surface area contributed by atoms with Gasteiger partial charge >= 0.3 is 0 Å². The van der Waals surface area contributed by atoms with Crippen molar-refractivity contribution in [1.82, 2.24) is 10.3 Å². The van der Waals surface area contributed by atoms with Crippen LogP contribution in [0.4, 0.5) is 5.82 Å². The van der Waals surface area contributed by atoms with Crippen molar-refractivity contribution in [2.75, 3.05) is 25.5 Å². The van der Waals surface area contributed by atoms with Crippen molar-refractivity contribution in [1.29, 1.82) is 0 Å². The Morgan fingerprint density at radius 2 is 2.14 bits per heavy atom. The normalized spacial score (nSPS) is 10.4. The van der Waals surface area contributed by atoms with E-state index < -0.39 is 0 Å². The lowest BCUT2D eigenvalue weighted by atomic mass is 10.1. The molecule has 21 heavy (non-hydrogen) atoms. The molecule has 2 rings (SSSR count). The Balaban J connectivity index is 2.03. The fourth-order valence-corrected chi connectivity index (χ4v) is 2.06.